The van der Waals surface area contributed by atoms with Crippen molar-refractivity contribution >= 4 is 17.2 Å². The van der Waals surface area contributed by atoms with Crippen LogP contribution in [0.2, 0.25) is 0 Å². The van der Waals surface area contributed by atoms with E-state index in [-0.39, 0.29) is 11.9 Å². The first-order chi connectivity index (χ1) is 12.8. The number of benzene rings is 1. The van der Waals surface area contributed by atoms with Gasteiger partial charge in [-0.15, -0.1) is 11.3 Å². The van der Waals surface area contributed by atoms with Gasteiger partial charge in [0, 0.05) is 17.8 Å². The molecule has 4 nitrogen and oxygen atoms in total. The molecule has 1 aliphatic heterocycles. The van der Waals surface area contributed by atoms with Gasteiger partial charge in [-0.1, -0.05) is 24.6 Å². The molecule has 0 bridgehead atoms. The Balaban J connectivity index is 1.59. The van der Waals surface area contributed by atoms with Gasteiger partial charge in [0.25, 0.3) is 0 Å². The van der Waals surface area contributed by atoms with Crippen molar-refractivity contribution in [3.8, 4) is 5.75 Å². The van der Waals surface area contributed by atoms with Crippen molar-refractivity contribution in [1.82, 2.24) is 10.2 Å². The van der Waals surface area contributed by atoms with Crippen LogP contribution < -0.4 is 10.1 Å². The second-order valence-corrected chi connectivity index (χ2v) is 7.80. The van der Waals surface area contributed by atoms with Gasteiger partial charge in [-0.25, -0.2) is 0 Å². The van der Waals surface area contributed by atoms with Gasteiger partial charge in [0.15, 0.2) is 0 Å². The Labute approximate surface area is 160 Å². The van der Waals surface area contributed by atoms with Gasteiger partial charge in [0.1, 0.15) is 5.75 Å². The first-order valence-electron chi connectivity index (χ1n) is 9.43. The van der Waals surface area contributed by atoms with Crippen molar-refractivity contribution in [3.63, 3.8) is 0 Å². The zero-order valence-electron chi connectivity index (χ0n) is 15.4. The maximum Gasteiger partial charge on any atom is 0.220 e. The quantitative estimate of drug-likeness (QED) is 0.761. The molecule has 1 saturated heterocycles. The van der Waals surface area contributed by atoms with Crippen molar-refractivity contribution in [2.45, 2.75) is 38.1 Å². The van der Waals surface area contributed by atoms with Gasteiger partial charge in [0.2, 0.25) is 5.91 Å². The van der Waals surface area contributed by atoms with E-state index in [1.54, 1.807) is 18.4 Å². The van der Waals surface area contributed by atoms with Crippen LogP contribution in [0.4, 0.5) is 0 Å². The molecule has 2 heterocycles. The molecule has 1 amide bonds. The lowest BCUT2D eigenvalue weighted by molar-refractivity contribution is -0.121. The van der Waals surface area contributed by atoms with Gasteiger partial charge in [0.05, 0.1) is 13.2 Å². The summed E-state index contributed by atoms with van der Waals surface area (Å²) < 4.78 is 5.28. The van der Waals surface area contributed by atoms with Gasteiger partial charge < -0.3 is 10.1 Å². The Morgan fingerprint density at radius 1 is 1.19 bits per heavy atom. The first kappa shape index (κ1) is 18.9. The molecule has 0 saturated carbocycles. The highest BCUT2D eigenvalue weighted by molar-refractivity contribution is 7.09. The largest absolute Gasteiger partial charge is 0.497 e. The first-order valence-corrected chi connectivity index (χ1v) is 10.3. The molecule has 1 aromatic carbocycles. The molecule has 1 fully saturated rings. The highest BCUT2D eigenvalue weighted by atomic mass is 32.1. The minimum Gasteiger partial charge on any atom is -0.497 e. The third-order valence-electron chi connectivity index (χ3n) is 5.00. The number of piperidine rings is 1. The number of carbonyl (C=O) groups excluding carboxylic acids is 1. The average molecular weight is 373 g/mol. The van der Waals surface area contributed by atoms with E-state index in [4.69, 9.17) is 4.74 Å². The molecular weight excluding hydrogens is 344 g/mol. The lowest BCUT2D eigenvalue weighted by Crippen LogP contribution is -2.40. The standard InChI is InChI=1S/C21H28N2O2S/c1-25-18-9-7-17(8-10-18)20(23-13-3-2-4-14-23)16-22-21(24)12-11-19-6-5-15-26-19/h5-10,15,20H,2-4,11-14,16H2,1H3,(H,22,24)/t20-/m0/s1. The zero-order valence-corrected chi connectivity index (χ0v) is 16.3. The number of aryl methyl sites for hydroxylation is 1. The number of ether oxygens (including phenoxy) is 1. The van der Waals surface area contributed by atoms with Crippen molar-refractivity contribution in [2.75, 3.05) is 26.7 Å². The average Bonchev–Trinajstić information content (AvgIpc) is 3.21. The molecule has 26 heavy (non-hydrogen) atoms. The van der Waals surface area contributed by atoms with Crippen LogP contribution in [0.3, 0.4) is 0 Å². The van der Waals surface area contributed by atoms with E-state index in [1.165, 1.54) is 29.7 Å². The summed E-state index contributed by atoms with van der Waals surface area (Å²) in [5.41, 5.74) is 1.24. The van der Waals surface area contributed by atoms with Crippen LogP contribution in [0.25, 0.3) is 0 Å². The smallest absolute Gasteiger partial charge is 0.220 e. The molecule has 140 valence electrons. The van der Waals surface area contributed by atoms with Gasteiger partial charge >= 0.3 is 0 Å². The second-order valence-electron chi connectivity index (χ2n) is 6.77. The van der Waals surface area contributed by atoms with Crippen molar-refractivity contribution in [1.29, 1.82) is 0 Å². The van der Waals surface area contributed by atoms with E-state index in [1.807, 2.05) is 18.2 Å². The predicted octanol–water partition coefficient (Wildman–Crippen LogP) is 4.03. The minimum absolute atomic E-state index is 0.133. The van der Waals surface area contributed by atoms with Gasteiger partial charge in [-0.05, 0) is 61.5 Å². The van der Waals surface area contributed by atoms with Crippen LogP contribution in [0.15, 0.2) is 41.8 Å². The number of carbonyl (C=O) groups is 1. The lowest BCUT2D eigenvalue weighted by Gasteiger charge is -2.35. The van der Waals surface area contributed by atoms with Crippen molar-refractivity contribution < 1.29 is 9.53 Å². The third-order valence-corrected chi connectivity index (χ3v) is 5.94. The Bertz CT molecular complexity index is 664. The Hall–Kier alpha value is -1.85. The van der Waals surface area contributed by atoms with E-state index in [9.17, 15) is 4.79 Å². The fourth-order valence-corrected chi connectivity index (χ4v) is 4.21. The fraction of sp³-hybridized carbons (Fsp3) is 0.476. The van der Waals surface area contributed by atoms with Crippen LogP contribution >= 0.6 is 11.3 Å². The van der Waals surface area contributed by atoms with Crippen molar-refractivity contribution in [2.24, 2.45) is 0 Å². The molecule has 0 radical (unpaired) electrons. The summed E-state index contributed by atoms with van der Waals surface area (Å²) >= 11 is 1.71. The summed E-state index contributed by atoms with van der Waals surface area (Å²) in [6.07, 6.45) is 5.15. The highest BCUT2D eigenvalue weighted by Gasteiger charge is 2.22. The topological polar surface area (TPSA) is 41.6 Å². The van der Waals surface area contributed by atoms with Crippen LogP contribution in [-0.2, 0) is 11.2 Å². The van der Waals surface area contributed by atoms with Crippen molar-refractivity contribution in [3.05, 3.63) is 52.2 Å². The third kappa shape index (κ3) is 5.32. The molecule has 5 heteroatoms. The molecule has 0 aliphatic carbocycles. The van der Waals surface area contributed by atoms with Crippen LogP contribution in [0.1, 0.15) is 42.2 Å². The maximum absolute atomic E-state index is 12.3. The molecule has 1 atom stereocenters. The number of likely N-dealkylation sites (tertiary alicyclic amines) is 1. The predicted molar refractivity (Wildman–Crippen MR) is 107 cm³/mol. The van der Waals surface area contributed by atoms with Crippen LogP contribution in [0, 0.1) is 0 Å². The molecule has 0 spiro atoms. The van der Waals surface area contributed by atoms with E-state index in [0.717, 1.165) is 25.3 Å². The van der Waals surface area contributed by atoms with Gasteiger partial charge in [-0.2, -0.15) is 0 Å². The number of thiophene rings is 1. The number of amides is 1. The van der Waals surface area contributed by atoms with Gasteiger partial charge in [-0.3, -0.25) is 9.69 Å². The monoisotopic (exact) mass is 372 g/mol. The minimum atomic E-state index is 0.133. The zero-order chi connectivity index (χ0) is 18.2. The lowest BCUT2D eigenvalue weighted by atomic mass is 10.0. The normalized spacial score (nSPS) is 16.2. The number of hydrogen-bond donors (Lipinski definition) is 1. The molecule has 1 aliphatic rings. The maximum atomic E-state index is 12.3. The van der Waals surface area contributed by atoms with Crippen LogP contribution in [0.5, 0.6) is 5.75 Å². The van der Waals surface area contributed by atoms with Crippen LogP contribution in [-0.4, -0.2) is 37.6 Å². The molecule has 0 unspecified atom stereocenters. The Kier molecular flexibility index (Phi) is 7.09. The molecule has 3 rings (SSSR count). The Morgan fingerprint density at radius 3 is 2.62 bits per heavy atom. The summed E-state index contributed by atoms with van der Waals surface area (Å²) in [5, 5.41) is 5.22. The number of nitrogens with one attached hydrogen (secondary N) is 1. The molecule has 1 N–H and O–H groups in total. The number of methoxy groups -OCH3 is 1. The molecule has 1 aromatic heterocycles. The highest BCUT2D eigenvalue weighted by Crippen LogP contribution is 2.26. The number of hydrogen-bond acceptors (Lipinski definition) is 4. The molecular formula is C21H28N2O2S. The Morgan fingerprint density at radius 2 is 1.96 bits per heavy atom. The number of nitrogens with zero attached hydrogens (tertiary/aromatic N) is 1. The molecule has 2 aromatic rings. The summed E-state index contributed by atoms with van der Waals surface area (Å²) in [6.45, 7) is 2.86. The summed E-state index contributed by atoms with van der Waals surface area (Å²) in [6, 6.07) is 12.6. The summed E-state index contributed by atoms with van der Waals surface area (Å²) in [5.74, 6) is 1.00. The van der Waals surface area contributed by atoms with E-state index in [0.29, 0.717) is 13.0 Å². The second kappa shape index (κ2) is 9.74. The fourth-order valence-electron chi connectivity index (χ4n) is 3.50. The van der Waals surface area contributed by atoms with E-state index < -0.39 is 0 Å². The summed E-state index contributed by atoms with van der Waals surface area (Å²) in [4.78, 5) is 16.1. The number of rotatable bonds is 8. The SMILES string of the molecule is COc1ccc([C@H](CNC(=O)CCc2cccs2)N2CCCCC2)cc1. The van der Waals surface area contributed by atoms with E-state index in [2.05, 4.69) is 33.8 Å². The van der Waals surface area contributed by atoms with E-state index >= 15 is 0 Å². The summed E-state index contributed by atoms with van der Waals surface area (Å²) in [7, 11) is 1.69.